The Kier molecular flexibility index (Phi) is 9.92. The molecule has 0 saturated carbocycles. The van der Waals surface area contributed by atoms with Crippen LogP contribution in [0.2, 0.25) is 0 Å². The molecule has 186 valence electrons. The summed E-state index contributed by atoms with van der Waals surface area (Å²) in [4.78, 5) is 27.4. The van der Waals surface area contributed by atoms with E-state index >= 15 is 0 Å². The van der Waals surface area contributed by atoms with E-state index in [2.05, 4.69) is 5.32 Å². The van der Waals surface area contributed by atoms with Crippen LogP contribution in [0.5, 0.6) is 5.75 Å². The van der Waals surface area contributed by atoms with E-state index in [1.807, 2.05) is 38.1 Å². The lowest BCUT2D eigenvalue weighted by molar-refractivity contribution is -0.141. The molecule has 0 heterocycles. The first-order chi connectivity index (χ1) is 16.1. The van der Waals surface area contributed by atoms with Crippen molar-refractivity contribution in [3.8, 4) is 5.75 Å². The lowest BCUT2D eigenvalue weighted by atomic mass is 10.1. The number of carbonyl (C=O) groups is 2. The third kappa shape index (κ3) is 7.21. The SMILES string of the molecule is CC[C@H](C(=O)NC)N(Cc1ccccc1C)C(=O)CCCN(c1cccc(OC)c1)S(C)(=O)=O. The fraction of sp³-hybridized carbons (Fsp3) is 0.440. The summed E-state index contributed by atoms with van der Waals surface area (Å²) in [6.45, 7) is 4.28. The van der Waals surface area contributed by atoms with E-state index in [4.69, 9.17) is 4.74 Å². The van der Waals surface area contributed by atoms with Crippen molar-refractivity contribution in [3.05, 3.63) is 59.7 Å². The minimum absolute atomic E-state index is 0.107. The average Bonchev–Trinajstić information content (AvgIpc) is 2.81. The van der Waals surface area contributed by atoms with Crippen LogP contribution in [0.3, 0.4) is 0 Å². The van der Waals surface area contributed by atoms with E-state index in [9.17, 15) is 18.0 Å². The van der Waals surface area contributed by atoms with Crippen LogP contribution in [-0.2, 0) is 26.2 Å². The Morgan fingerprint density at radius 1 is 1.12 bits per heavy atom. The highest BCUT2D eigenvalue weighted by atomic mass is 32.2. The molecule has 2 aromatic rings. The van der Waals surface area contributed by atoms with Gasteiger partial charge in [-0.15, -0.1) is 0 Å². The summed E-state index contributed by atoms with van der Waals surface area (Å²) in [5.74, 6) is 0.124. The summed E-state index contributed by atoms with van der Waals surface area (Å²) in [7, 11) is -0.494. The molecule has 0 aliphatic rings. The molecule has 9 heteroatoms. The topological polar surface area (TPSA) is 96.0 Å². The molecule has 0 unspecified atom stereocenters. The molecule has 2 rings (SSSR count). The Morgan fingerprint density at radius 3 is 2.41 bits per heavy atom. The maximum atomic E-state index is 13.3. The van der Waals surface area contributed by atoms with E-state index in [0.717, 1.165) is 17.4 Å². The molecule has 0 aromatic heterocycles. The predicted octanol–water partition coefficient (Wildman–Crippen LogP) is 3.10. The number of amides is 2. The van der Waals surface area contributed by atoms with Gasteiger partial charge in [0.1, 0.15) is 11.8 Å². The third-order valence-corrected chi connectivity index (χ3v) is 6.92. The van der Waals surface area contributed by atoms with Gasteiger partial charge in [0.15, 0.2) is 0 Å². The number of anilines is 1. The van der Waals surface area contributed by atoms with Crippen molar-refractivity contribution in [3.63, 3.8) is 0 Å². The van der Waals surface area contributed by atoms with Crippen LogP contribution in [0.4, 0.5) is 5.69 Å². The fourth-order valence-corrected chi connectivity index (χ4v) is 4.78. The number of likely N-dealkylation sites (N-methyl/N-ethyl adjacent to an activating group) is 1. The molecule has 1 atom stereocenters. The van der Waals surface area contributed by atoms with Crippen LogP contribution in [0.15, 0.2) is 48.5 Å². The number of nitrogens with zero attached hydrogens (tertiary/aromatic N) is 2. The minimum atomic E-state index is -3.56. The number of nitrogens with one attached hydrogen (secondary N) is 1. The largest absolute Gasteiger partial charge is 0.497 e. The van der Waals surface area contributed by atoms with Gasteiger partial charge in [-0.2, -0.15) is 0 Å². The lowest BCUT2D eigenvalue weighted by Gasteiger charge is -2.31. The summed E-state index contributed by atoms with van der Waals surface area (Å²) in [6, 6.07) is 13.9. The van der Waals surface area contributed by atoms with Crippen LogP contribution in [-0.4, -0.2) is 58.1 Å². The number of rotatable bonds is 12. The Morgan fingerprint density at radius 2 is 1.82 bits per heavy atom. The molecule has 0 fully saturated rings. The molecule has 34 heavy (non-hydrogen) atoms. The molecule has 0 spiro atoms. The second-order valence-electron chi connectivity index (χ2n) is 8.13. The normalized spacial score (nSPS) is 12.0. The number of methoxy groups -OCH3 is 1. The second-order valence-corrected chi connectivity index (χ2v) is 10.0. The van der Waals surface area contributed by atoms with Crippen molar-refractivity contribution in [1.82, 2.24) is 10.2 Å². The van der Waals surface area contributed by atoms with Gasteiger partial charge >= 0.3 is 0 Å². The molecule has 8 nitrogen and oxygen atoms in total. The third-order valence-electron chi connectivity index (χ3n) is 5.73. The number of sulfonamides is 1. The Bertz CT molecular complexity index is 1090. The first-order valence-corrected chi connectivity index (χ1v) is 13.1. The van der Waals surface area contributed by atoms with Gasteiger partial charge in [0, 0.05) is 32.6 Å². The van der Waals surface area contributed by atoms with Gasteiger partial charge in [-0.05, 0) is 43.0 Å². The van der Waals surface area contributed by atoms with Crippen molar-refractivity contribution in [2.75, 3.05) is 31.3 Å². The summed E-state index contributed by atoms with van der Waals surface area (Å²) in [5, 5.41) is 2.65. The molecule has 0 aliphatic heterocycles. The summed E-state index contributed by atoms with van der Waals surface area (Å²) >= 11 is 0. The molecule has 0 radical (unpaired) electrons. The highest BCUT2D eigenvalue weighted by Gasteiger charge is 2.28. The van der Waals surface area contributed by atoms with Gasteiger partial charge in [-0.1, -0.05) is 37.3 Å². The minimum Gasteiger partial charge on any atom is -0.497 e. The van der Waals surface area contributed by atoms with Gasteiger partial charge in [-0.3, -0.25) is 13.9 Å². The van der Waals surface area contributed by atoms with Crippen molar-refractivity contribution < 1.29 is 22.7 Å². The molecular weight excluding hydrogens is 454 g/mol. The van der Waals surface area contributed by atoms with Crippen LogP contribution in [0.1, 0.15) is 37.3 Å². The predicted molar refractivity (Wildman–Crippen MR) is 134 cm³/mol. The monoisotopic (exact) mass is 489 g/mol. The lowest BCUT2D eigenvalue weighted by Crippen LogP contribution is -2.48. The Balaban J connectivity index is 2.21. The van der Waals surface area contributed by atoms with Crippen LogP contribution >= 0.6 is 0 Å². The van der Waals surface area contributed by atoms with Crippen LogP contribution in [0, 0.1) is 6.92 Å². The van der Waals surface area contributed by atoms with E-state index < -0.39 is 16.1 Å². The zero-order chi connectivity index (χ0) is 25.3. The summed E-state index contributed by atoms with van der Waals surface area (Å²) in [6.07, 6.45) is 2.01. The smallest absolute Gasteiger partial charge is 0.242 e. The van der Waals surface area contributed by atoms with Crippen LogP contribution < -0.4 is 14.4 Å². The fourth-order valence-electron chi connectivity index (χ4n) is 3.83. The number of carbonyl (C=O) groups excluding carboxylic acids is 2. The van der Waals surface area contributed by atoms with Gasteiger partial charge in [0.2, 0.25) is 21.8 Å². The summed E-state index contributed by atoms with van der Waals surface area (Å²) < 4.78 is 31.4. The molecule has 1 N–H and O–H groups in total. The number of hydrogen-bond acceptors (Lipinski definition) is 5. The molecule has 0 aliphatic carbocycles. The average molecular weight is 490 g/mol. The number of ether oxygens (including phenoxy) is 1. The van der Waals surface area contributed by atoms with E-state index in [0.29, 0.717) is 30.8 Å². The number of aryl methyl sites for hydroxylation is 1. The standard InChI is InChI=1S/C25H35N3O5S/c1-6-23(25(30)26-3)27(18-20-12-8-7-11-19(20)2)24(29)15-10-16-28(34(5,31)32)21-13-9-14-22(17-21)33-4/h7-9,11-14,17,23H,6,10,15-16,18H2,1-5H3,(H,26,30)/t23-/m1/s1. The number of benzene rings is 2. The van der Waals surface area contributed by atoms with Crippen LogP contribution in [0.25, 0.3) is 0 Å². The summed E-state index contributed by atoms with van der Waals surface area (Å²) in [5.41, 5.74) is 2.48. The van der Waals surface area contributed by atoms with E-state index in [1.165, 1.54) is 11.4 Å². The zero-order valence-corrected chi connectivity index (χ0v) is 21.4. The van der Waals surface area contributed by atoms with E-state index in [1.54, 1.807) is 36.2 Å². The molecule has 2 aromatic carbocycles. The second kappa shape index (κ2) is 12.4. The van der Waals surface area contributed by atoms with Gasteiger partial charge in [-0.25, -0.2) is 8.42 Å². The van der Waals surface area contributed by atoms with Crippen molar-refractivity contribution in [2.45, 2.75) is 45.7 Å². The van der Waals surface area contributed by atoms with Crippen molar-refractivity contribution in [2.24, 2.45) is 0 Å². The highest BCUT2D eigenvalue weighted by Crippen LogP contribution is 2.24. The zero-order valence-electron chi connectivity index (χ0n) is 20.6. The Hall–Kier alpha value is -3.07. The molecule has 0 saturated heterocycles. The first-order valence-electron chi connectivity index (χ1n) is 11.3. The van der Waals surface area contributed by atoms with E-state index in [-0.39, 0.29) is 24.8 Å². The number of hydrogen-bond donors (Lipinski definition) is 1. The first kappa shape index (κ1) is 27.2. The van der Waals surface area contributed by atoms with Gasteiger partial charge in [0.05, 0.1) is 19.1 Å². The Labute approximate surface area is 202 Å². The van der Waals surface area contributed by atoms with Gasteiger partial charge in [0.25, 0.3) is 0 Å². The quantitative estimate of drug-likeness (QED) is 0.494. The van der Waals surface area contributed by atoms with Crippen molar-refractivity contribution in [1.29, 1.82) is 0 Å². The maximum Gasteiger partial charge on any atom is 0.242 e. The highest BCUT2D eigenvalue weighted by molar-refractivity contribution is 7.92. The van der Waals surface area contributed by atoms with Gasteiger partial charge < -0.3 is 15.0 Å². The molecule has 2 amide bonds. The molecule has 0 bridgehead atoms. The molecular formula is C25H35N3O5S. The maximum absolute atomic E-state index is 13.3. The van der Waals surface area contributed by atoms with Crippen molar-refractivity contribution >= 4 is 27.5 Å².